The molecule has 1 aliphatic rings. The van der Waals surface area contributed by atoms with E-state index in [1.165, 1.54) is 12.1 Å². The van der Waals surface area contributed by atoms with Crippen LogP contribution in [0.5, 0.6) is 0 Å². The highest BCUT2D eigenvalue weighted by Gasteiger charge is 2.40. The molecule has 1 heterocycles. The van der Waals surface area contributed by atoms with E-state index in [4.69, 9.17) is 5.73 Å². The molecule has 0 bridgehead atoms. The maximum Gasteiger partial charge on any atom is 0.416 e. The lowest BCUT2D eigenvalue weighted by molar-refractivity contribution is -0.138. The molecule has 0 radical (unpaired) electrons. The predicted molar refractivity (Wildman–Crippen MR) is 70.3 cm³/mol. The maximum absolute atomic E-state index is 13.1. The second kappa shape index (κ2) is 5.04. The van der Waals surface area contributed by atoms with Crippen LogP contribution in [0.3, 0.4) is 0 Å². The Morgan fingerprint density at radius 1 is 1.42 bits per heavy atom. The topological polar surface area (TPSA) is 29.3 Å². The molecule has 0 spiro atoms. The van der Waals surface area contributed by atoms with E-state index >= 15 is 0 Å². The second-order valence-corrected chi connectivity index (χ2v) is 5.18. The quantitative estimate of drug-likeness (QED) is 0.914. The van der Waals surface area contributed by atoms with Crippen LogP contribution in [0.15, 0.2) is 18.2 Å². The first-order valence-electron chi connectivity index (χ1n) is 6.55. The van der Waals surface area contributed by atoms with Crippen LogP contribution in [0.2, 0.25) is 0 Å². The normalized spacial score (nSPS) is 20.5. The molecule has 2 unspecified atom stereocenters. The Morgan fingerprint density at radius 3 is 2.63 bits per heavy atom. The van der Waals surface area contributed by atoms with Gasteiger partial charge in [0.05, 0.1) is 5.56 Å². The lowest BCUT2D eigenvalue weighted by atomic mass is 9.91. The summed E-state index contributed by atoms with van der Waals surface area (Å²) < 4.78 is 39.4. The van der Waals surface area contributed by atoms with Crippen molar-refractivity contribution >= 4 is 5.69 Å². The molecule has 2 atom stereocenters. The Kier molecular flexibility index (Phi) is 3.76. The molecule has 2 rings (SSSR count). The van der Waals surface area contributed by atoms with Crippen LogP contribution in [0.25, 0.3) is 0 Å². The Morgan fingerprint density at radius 2 is 2.11 bits per heavy atom. The Labute approximate surface area is 111 Å². The van der Waals surface area contributed by atoms with Crippen molar-refractivity contribution in [2.24, 2.45) is 5.73 Å². The highest BCUT2D eigenvalue weighted by Crippen LogP contribution is 2.45. The minimum atomic E-state index is -4.30. The van der Waals surface area contributed by atoms with Gasteiger partial charge in [-0.15, -0.1) is 0 Å². The average Bonchev–Trinajstić information content (AvgIpc) is 2.65. The molecule has 1 aromatic carbocycles. The van der Waals surface area contributed by atoms with Gasteiger partial charge in [0.15, 0.2) is 0 Å². The van der Waals surface area contributed by atoms with E-state index < -0.39 is 11.7 Å². The fraction of sp³-hybridized carbons (Fsp3) is 0.571. The third-order valence-electron chi connectivity index (χ3n) is 3.62. The van der Waals surface area contributed by atoms with Crippen LogP contribution < -0.4 is 10.6 Å². The molecule has 0 saturated heterocycles. The summed E-state index contributed by atoms with van der Waals surface area (Å²) >= 11 is 0. The van der Waals surface area contributed by atoms with E-state index in [9.17, 15) is 13.2 Å². The number of rotatable bonds is 3. The largest absolute Gasteiger partial charge is 0.416 e. The summed E-state index contributed by atoms with van der Waals surface area (Å²) in [6.07, 6.45) is -3.72. The van der Waals surface area contributed by atoms with Crippen molar-refractivity contribution in [3.8, 4) is 0 Å². The third kappa shape index (κ3) is 2.71. The molecule has 2 N–H and O–H groups in total. The van der Waals surface area contributed by atoms with Crippen LogP contribution in [-0.4, -0.2) is 19.1 Å². The molecule has 1 aromatic rings. The standard InChI is InChI=1S/C14H19F3N2/c1-3-19-8-10(7-9(2)18)13-11(14(15,16)17)5-4-6-12(13)19/h4-6,9-10H,3,7-8,18H2,1-2H3. The fourth-order valence-corrected chi connectivity index (χ4v) is 2.90. The molecule has 2 nitrogen and oxygen atoms in total. The highest BCUT2D eigenvalue weighted by molar-refractivity contribution is 5.63. The van der Waals surface area contributed by atoms with Crippen LogP contribution in [0.1, 0.15) is 37.3 Å². The minimum Gasteiger partial charge on any atom is -0.371 e. The maximum atomic E-state index is 13.1. The van der Waals surface area contributed by atoms with Gasteiger partial charge in [-0.2, -0.15) is 13.2 Å². The Bertz CT molecular complexity index is 454. The number of anilines is 1. The number of fused-ring (bicyclic) bond motifs is 1. The van der Waals surface area contributed by atoms with Gasteiger partial charge in [0.25, 0.3) is 0 Å². The van der Waals surface area contributed by atoms with Crippen molar-refractivity contribution in [1.29, 1.82) is 0 Å². The van der Waals surface area contributed by atoms with E-state index in [2.05, 4.69) is 0 Å². The smallest absolute Gasteiger partial charge is 0.371 e. The van der Waals surface area contributed by atoms with Gasteiger partial charge in [-0.1, -0.05) is 6.07 Å². The predicted octanol–water partition coefficient (Wildman–Crippen LogP) is 3.37. The average molecular weight is 272 g/mol. The first-order valence-corrected chi connectivity index (χ1v) is 6.55. The zero-order chi connectivity index (χ0) is 14.2. The number of halogens is 3. The van der Waals surface area contributed by atoms with Crippen LogP contribution >= 0.6 is 0 Å². The summed E-state index contributed by atoms with van der Waals surface area (Å²) in [4.78, 5) is 2.00. The highest BCUT2D eigenvalue weighted by atomic mass is 19.4. The van der Waals surface area contributed by atoms with E-state index in [1.807, 2.05) is 18.7 Å². The zero-order valence-corrected chi connectivity index (χ0v) is 11.2. The second-order valence-electron chi connectivity index (χ2n) is 5.18. The number of hydrogen-bond donors (Lipinski definition) is 1. The van der Waals surface area contributed by atoms with Crippen molar-refractivity contribution in [3.05, 3.63) is 29.3 Å². The number of hydrogen-bond acceptors (Lipinski definition) is 2. The molecule has 19 heavy (non-hydrogen) atoms. The molecular formula is C14H19F3N2. The number of likely N-dealkylation sites (N-methyl/N-ethyl adjacent to an activating group) is 1. The third-order valence-corrected chi connectivity index (χ3v) is 3.62. The molecule has 0 fully saturated rings. The monoisotopic (exact) mass is 272 g/mol. The SMILES string of the molecule is CCN1CC(CC(C)N)c2c1cccc2C(F)(F)F. The van der Waals surface area contributed by atoms with Crippen molar-refractivity contribution in [2.75, 3.05) is 18.0 Å². The van der Waals surface area contributed by atoms with Gasteiger partial charge in [0, 0.05) is 30.7 Å². The van der Waals surface area contributed by atoms with E-state index in [-0.39, 0.29) is 12.0 Å². The van der Waals surface area contributed by atoms with Gasteiger partial charge in [-0.05, 0) is 38.0 Å². The number of nitrogens with two attached hydrogens (primary N) is 1. The van der Waals surface area contributed by atoms with Crippen molar-refractivity contribution in [3.63, 3.8) is 0 Å². The van der Waals surface area contributed by atoms with Gasteiger partial charge >= 0.3 is 6.18 Å². The van der Waals surface area contributed by atoms with Crippen LogP contribution in [0.4, 0.5) is 18.9 Å². The summed E-state index contributed by atoms with van der Waals surface area (Å²) in [6, 6.07) is 4.33. The summed E-state index contributed by atoms with van der Waals surface area (Å²) in [6.45, 7) is 5.13. The van der Waals surface area contributed by atoms with Crippen LogP contribution in [0, 0.1) is 0 Å². The van der Waals surface area contributed by atoms with Gasteiger partial charge in [0.2, 0.25) is 0 Å². The number of benzene rings is 1. The van der Waals surface area contributed by atoms with Gasteiger partial charge < -0.3 is 10.6 Å². The van der Waals surface area contributed by atoms with Crippen molar-refractivity contribution in [1.82, 2.24) is 0 Å². The first kappa shape index (κ1) is 14.2. The van der Waals surface area contributed by atoms with E-state index in [1.54, 1.807) is 6.07 Å². The van der Waals surface area contributed by atoms with Gasteiger partial charge in [-0.25, -0.2) is 0 Å². The Balaban J connectivity index is 2.49. The summed E-state index contributed by atoms with van der Waals surface area (Å²) in [5, 5.41) is 0. The van der Waals surface area contributed by atoms with Gasteiger partial charge in [-0.3, -0.25) is 0 Å². The summed E-state index contributed by atoms with van der Waals surface area (Å²) in [5.41, 5.74) is 6.40. The number of alkyl halides is 3. The molecular weight excluding hydrogens is 253 g/mol. The number of nitrogens with zero attached hydrogens (tertiary/aromatic N) is 1. The van der Waals surface area contributed by atoms with Crippen LogP contribution in [-0.2, 0) is 6.18 Å². The first-order chi connectivity index (χ1) is 8.84. The molecule has 1 aliphatic heterocycles. The van der Waals surface area contributed by atoms with Crippen molar-refractivity contribution < 1.29 is 13.2 Å². The molecule has 0 aromatic heterocycles. The van der Waals surface area contributed by atoms with Crippen molar-refractivity contribution in [2.45, 2.75) is 38.4 Å². The summed E-state index contributed by atoms with van der Waals surface area (Å²) in [5.74, 6) is -0.132. The fourth-order valence-electron chi connectivity index (χ4n) is 2.90. The molecule has 5 heteroatoms. The lowest BCUT2D eigenvalue weighted by Crippen LogP contribution is -2.24. The molecule has 106 valence electrons. The Hall–Kier alpha value is -1.23. The van der Waals surface area contributed by atoms with E-state index in [0.717, 1.165) is 0 Å². The zero-order valence-electron chi connectivity index (χ0n) is 11.2. The molecule has 0 amide bonds. The van der Waals surface area contributed by atoms with E-state index in [0.29, 0.717) is 30.8 Å². The summed E-state index contributed by atoms with van der Waals surface area (Å²) in [7, 11) is 0. The molecule has 0 aliphatic carbocycles. The van der Waals surface area contributed by atoms with Gasteiger partial charge in [0.1, 0.15) is 0 Å². The minimum absolute atomic E-state index is 0.101. The molecule has 0 saturated carbocycles. The lowest BCUT2D eigenvalue weighted by Gasteiger charge is -2.17.